The molecule has 0 fully saturated rings. The van der Waals surface area contributed by atoms with E-state index in [2.05, 4.69) is 9.97 Å². The summed E-state index contributed by atoms with van der Waals surface area (Å²) < 4.78 is 10.6. The van der Waals surface area contributed by atoms with Crippen LogP contribution in [0.2, 0.25) is 0 Å². The molecule has 0 saturated carbocycles. The van der Waals surface area contributed by atoms with Gasteiger partial charge in [-0.3, -0.25) is 4.90 Å². The van der Waals surface area contributed by atoms with Crippen molar-refractivity contribution in [3.05, 3.63) is 29.5 Å². The summed E-state index contributed by atoms with van der Waals surface area (Å²) in [7, 11) is 4.32. The first-order chi connectivity index (χ1) is 11.4. The number of ether oxygens (including phenoxy) is 2. The minimum Gasteiger partial charge on any atom is -0.494 e. The van der Waals surface area contributed by atoms with Crippen LogP contribution in [0.3, 0.4) is 0 Å². The van der Waals surface area contributed by atoms with Crippen molar-refractivity contribution >= 4 is 23.5 Å². The predicted octanol–water partition coefficient (Wildman–Crippen LogP) is 1.36. The molecule has 0 aliphatic carbocycles. The molecule has 1 heterocycles. The molecule has 5 N–H and O–H groups in total. The Hall–Kier alpha value is -3.23. The summed E-state index contributed by atoms with van der Waals surface area (Å²) in [6.45, 7) is 0. The molecule has 0 saturated heterocycles. The summed E-state index contributed by atoms with van der Waals surface area (Å²) in [5.74, 6) is 1.12. The molecule has 2 aromatic rings. The van der Waals surface area contributed by atoms with Crippen molar-refractivity contribution in [3.63, 3.8) is 0 Å². The van der Waals surface area contributed by atoms with Crippen LogP contribution in [0.1, 0.15) is 11.1 Å². The maximum atomic E-state index is 11.3. The van der Waals surface area contributed by atoms with Crippen LogP contribution in [-0.4, -0.2) is 42.4 Å². The Balaban J connectivity index is 2.47. The lowest BCUT2D eigenvalue weighted by molar-refractivity contribution is 0.203. The number of carboxylic acid groups (broad SMARTS) is 1. The fourth-order valence-electron chi connectivity index (χ4n) is 2.27. The van der Waals surface area contributed by atoms with Crippen molar-refractivity contribution in [2.24, 2.45) is 0 Å². The second kappa shape index (κ2) is 6.90. The highest BCUT2D eigenvalue weighted by Gasteiger charge is 2.21. The van der Waals surface area contributed by atoms with Crippen molar-refractivity contribution in [2.45, 2.75) is 6.42 Å². The van der Waals surface area contributed by atoms with Gasteiger partial charge in [-0.05, 0) is 17.7 Å². The number of carbonyl (C=O) groups is 1. The second-order valence-electron chi connectivity index (χ2n) is 5.01. The van der Waals surface area contributed by atoms with Crippen molar-refractivity contribution < 1.29 is 19.4 Å². The van der Waals surface area contributed by atoms with Crippen LogP contribution in [0.15, 0.2) is 18.3 Å². The summed E-state index contributed by atoms with van der Waals surface area (Å²) in [6.07, 6.45) is 0.833. The van der Waals surface area contributed by atoms with Gasteiger partial charge >= 0.3 is 6.09 Å². The highest BCUT2D eigenvalue weighted by atomic mass is 16.5. The molecule has 1 amide bonds. The first-order valence-corrected chi connectivity index (χ1v) is 6.95. The maximum absolute atomic E-state index is 11.3. The number of anilines is 3. The summed E-state index contributed by atoms with van der Waals surface area (Å²) in [6, 6.07) is 3.43. The van der Waals surface area contributed by atoms with E-state index in [1.807, 2.05) is 0 Å². The first-order valence-electron chi connectivity index (χ1n) is 6.95. The number of nitrogens with two attached hydrogens (primary N) is 2. The minimum atomic E-state index is -1.13. The van der Waals surface area contributed by atoms with Crippen LogP contribution in [0.25, 0.3) is 0 Å². The number of methoxy groups -OCH3 is 2. The van der Waals surface area contributed by atoms with E-state index < -0.39 is 6.09 Å². The molecule has 0 aliphatic heterocycles. The van der Waals surface area contributed by atoms with Gasteiger partial charge in [-0.1, -0.05) is 0 Å². The summed E-state index contributed by atoms with van der Waals surface area (Å²) in [4.78, 5) is 20.1. The van der Waals surface area contributed by atoms with Crippen molar-refractivity contribution in [1.29, 1.82) is 0 Å². The van der Waals surface area contributed by atoms with E-state index in [1.54, 1.807) is 18.3 Å². The number of aromatic nitrogens is 2. The molecule has 0 bridgehead atoms. The van der Waals surface area contributed by atoms with Crippen molar-refractivity contribution in [1.82, 2.24) is 9.97 Å². The molecular weight excluding hydrogens is 314 g/mol. The van der Waals surface area contributed by atoms with Gasteiger partial charge in [0.15, 0.2) is 0 Å². The van der Waals surface area contributed by atoms with Crippen LogP contribution in [0.5, 0.6) is 11.5 Å². The number of amides is 1. The van der Waals surface area contributed by atoms with Gasteiger partial charge in [-0.15, -0.1) is 0 Å². The molecule has 24 heavy (non-hydrogen) atoms. The van der Waals surface area contributed by atoms with Gasteiger partial charge in [0.25, 0.3) is 0 Å². The topological polar surface area (TPSA) is 137 Å². The van der Waals surface area contributed by atoms with Crippen LogP contribution in [-0.2, 0) is 6.42 Å². The number of benzene rings is 1. The highest BCUT2D eigenvalue weighted by Crippen LogP contribution is 2.39. The number of hydrogen-bond donors (Lipinski definition) is 3. The maximum Gasteiger partial charge on any atom is 0.411 e. The van der Waals surface area contributed by atoms with E-state index in [0.29, 0.717) is 29.2 Å². The third-order valence-corrected chi connectivity index (χ3v) is 3.47. The van der Waals surface area contributed by atoms with Gasteiger partial charge in [0.05, 0.1) is 14.2 Å². The van der Waals surface area contributed by atoms with Gasteiger partial charge < -0.3 is 26.0 Å². The highest BCUT2D eigenvalue weighted by molar-refractivity contribution is 5.90. The Labute approximate surface area is 138 Å². The summed E-state index contributed by atoms with van der Waals surface area (Å²) >= 11 is 0. The van der Waals surface area contributed by atoms with Crippen molar-refractivity contribution in [3.8, 4) is 11.5 Å². The van der Waals surface area contributed by atoms with E-state index in [4.69, 9.17) is 20.9 Å². The van der Waals surface area contributed by atoms with Gasteiger partial charge in [0.2, 0.25) is 5.95 Å². The fourth-order valence-corrected chi connectivity index (χ4v) is 2.27. The Morgan fingerprint density at radius 3 is 2.29 bits per heavy atom. The zero-order chi connectivity index (χ0) is 17.9. The molecule has 0 atom stereocenters. The summed E-state index contributed by atoms with van der Waals surface area (Å²) in [5, 5.41) is 9.21. The predicted molar refractivity (Wildman–Crippen MR) is 89.6 cm³/mol. The van der Waals surface area contributed by atoms with Gasteiger partial charge in [0.1, 0.15) is 23.0 Å². The fraction of sp³-hybridized carbons (Fsp3) is 0.267. The molecule has 0 spiro atoms. The van der Waals surface area contributed by atoms with Crippen LogP contribution < -0.4 is 25.8 Å². The van der Waals surface area contributed by atoms with Crippen LogP contribution in [0.4, 0.5) is 22.2 Å². The first kappa shape index (κ1) is 17.1. The molecule has 9 heteroatoms. The molecule has 9 nitrogen and oxygen atoms in total. The molecule has 128 valence electrons. The third-order valence-electron chi connectivity index (χ3n) is 3.47. The zero-order valence-corrected chi connectivity index (χ0v) is 13.6. The average Bonchev–Trinajstić information content (AvgIpc) is 2.55. The normalized spacial score (nSPS) is 10.3. The van der Waals surface area contributed by atoms with Crippen molar-refractivity contribution in [2.75, 3.05) is 37.6 Å². The molecule has 0 aliphatic rings. The zero-order valence-electron chi connectivity index (χ0n) is 13.6. The lowest BCUT2D eigenvalue weighted by Gasteiger charge is -2.21. The van der Waals surface area contributed by atoms with E-state index >= 15 is 0 Å². The minimum absolute atomic E-state index is 0.102. The van der Waals surface area contributed by atoms with Crippen LogP contribution >= 0.6 is 0 Å². The molecule has 0 radical (unpaired) electrons. The second-order valence-corrected chi connectivity index (χ2v) is 5.01. The smallest absolute Gasteiger partial charge is 0.411 e. The lowest BCUT2D eigenvalue weighted by atomic mass is 10.0. The number of nitrogens with zero attached hydrogens (tertiary/aromatic N) is 3. The lowest BCUT2D eigenvalue weighted by Crippen LogP contribution is -2.25. The van der Waals surface area contributed by atoms with Crippen LogP contribution in [0, 0.1) is 0 Å². The number of rotatable bonds is 5. The molecule has 0 unspecified atom stereocenters. The Morgan fingerprint density at radius 1 is 1.25 bits per heavy atom. The van der Waals surface area contributed by atoms with E-state index in [9.17, 15) is 9.90 Å². The Morgan fingerprint density at radius 2 is 1.83 bits per heavy atom. The average molecular weight is 333 g/mol. The number of nitrogen functional groups attached to an aromatic ring is 2. The monoisotopic (exact) mass is 333 g/mol. The molecule has 1 aromatic carbocycles. The third kappa shape index (κ3) is 3.40. The summed E-state index contributed by atoms with van der Waals surface area (Å²) in [5.41, 5.74) is 13.1. The standard InChI is InChI=1S/C15H19N5O4/c1-20(15(21)22)12-10(23-2)5-8(6-11(12)24-3)4-9-7-18-14(17)19-13(9)16/h5-7H,4H2,1-3H3,(H,21,22)(H4,16,17,18,19). The quantitative estimate of drug-likeness (QED) is 0.746. The molecular formula is C15H19N5O4. The SMILES string of the molecule is COc1cc(Cc2cnc(N)nc2N)cc(OC)c1N(C)C(=O)O. The Kier molecular flexibility index (Phi) is 4.93. The van der Waals surface area contributed by atoms with E-state index in [1.165, 1.54) is 21.3 Å². The van der Waals surface area contributed by atoms with Gasteiger partial charge in [-0.2, -0.15) is 4.98 Å². The van der Waals surface area contributed by atoms with E-state index in [0.717, 1.165) is 10.5 Å². The number of hydrogen-bond acceptors (Lipinski definition) is 7. The van der Waals surface area contributed by atoms with Gasteiger partial charge in [-0.25, -0.2) is 9.78 Å². The van der Waals surface area contributed by atoms with Gasteiger partial charge in [0, 0.05) is 25.2 Å². The Bertz CT molecular complexity index is 741. The van der Waals surface area contributed by atoms with E-state index in [-0.39, 0.29) is 11.8 Å². The largest absolute Gasteiger partial charge is 0.494 e. The molecule has 2 rings (SSSR count). The molecule has 1 aromatic heterocycles.